The Hall–Kier alpha value is -1.10. The van der Waals surface area contributed by atoms with Crippen molar-refractivity contribution in [2.24, 2.45) is 0 Å². The van der Waals surface area contributed by atoms with Gasteiger partial charge in [-0.15, -0.1) is 0 Å². The zero-order valence-electron chi connectivity index (χ0n) is 6.10. The van der Waals surface area contributed by atoms with E-state index in [2.05, 4.69) is 4.98 Å². The molecule has 0 aliphatic carbocycles. The van der Waals surface area contributed by atoms with E-state index in [-0.39, 0.29) is 0 Å². The van der Waals surface area contributed by atoms with Crippen LogP contribution in [0.4, 0.5) is 13.2 Å². The molecule has 0 aliphatic rings. The number of ketones is 1. The summed E-state index contributed by atoms with van der Waals surface area (Å²) in [4.78, 5) is 13.9. The van der Waals surface area contributed by atoms with Crippen LogP contribution >= 0.6 is 11.6 Å². The van der Waals surface area contributed by atoms with Crippen molar-refractivity contribution in [2.45, 2.75) is 6.43 Å². The molecule has 2 nitrogen and oxygen atoms in total. The Morgan fingerprint density at radius 2 is 2.15 bits per heavy atom. The molecule has 1 rings (SSSR count). The molecule has 13 heavy (non-hydrogen) atoms. The van der Waals surface area contributed by atoms with E-state index in [4.69, 9.17) is 11.6 Å². The molecule has 1 aromatic rings. The quantitative estimate of drug-likeness (QED) is 0.553. The smallest absolute Gasteiger partial charge is 0.288 e. The molecule has 0 N–H and O–H groups in total. The summed E-state index contributed by atoms with van der Waals surface area (Å²) in [6.45, 7) is 0. The number of halogens is 4. The van der Waals surface area contributed by atoms with Gasteiger partial charge in [0.15, 0.2) is 0 Å². The van der Waals surface area contributed by atoms with Crippen LogP contribution < -0.4 is 0 Å². The van der Waals surface area contributed by atoms with Gasteiger partial charge < -0.3 is 0 Å². The van der Waals surface area contributed by atoms with E-state index in [0.29, 0.717) is 6.07 Å². The lowest BCUT2D eigenvalue weighted by Gasteiger charge is -2.00. The van der Waals surface area contributed by atoms with Crippen LogP contribution in [-0.4, -0.2) is 17.2 Å². The highest BCUT2D eigenvalue weighted by atomic mass is 35.5. The molecular weight excluding hydrogens is 207 g/mol. The minimum Gasteiger partial charge on any atom is -0.288 e. The van der Waals surface area contributed by atoms with Crippen LogP contribution in [0.3, 0.4) is 0 Å². The molecule has 0 spiro atoms. The first kappa shape index (κ1) is 9.98. The van der Waals surface area contributed by atoms with Crippen molar-refractivity contribution in [3.8, 4) is 0 Å². The number of alkyl halides is 2. The monoisotopic (exact) mass is 209 g/mol. The Morgan fingerprint density at radius 3 is 2.69 bits per heavy atom. The maximum Gasteiger partial charge on any atom is 0.300 e. The second-order valence-corrected chi connectivity index (χ2v) is 2.51. The maximum absolute atomic E-state index is 12.5. The fourth-order valence-corrected chi connectivity index (χ4v) is 0.909. The molecule has 0 fully saturated rings. The van der Waals surface area contributed by atoms with Crippen molar-refractivity contribution in [2.75, 3.05) is 0 Å². The largest absolute Gasteiger partial charge is 0.300 e. The fraction of sp³-hybridized carbons (Fsp3) is 0.143. The number of carbonyl (C=O) groups excluding carboxylic acids is 1. The van der Waals surface area contributed by atoms with Crippen LogP contribution in [0.1, 0.15) is 10.4 Å². The van der Waals surface area contributed by atoms with Crippen LogP contribution in [0, 0.1) is 5.82 Å². The highest BCUT2D eigenvalue weighted by Crippen LogP contribution is 2.17. The number of hydrogen-bond acceptors (Lipinski definition) is 2. The molecule has 0 unspecified atom stereocenters. The number of nitrogens with zero attached hydrogens (tertiary/aromatic N) is 1. The number of aromatic nitrogens is 1. The van der Waals surface area contributed by atoms with E-state index < -0.39 is 28.7 Å². The summed E-state index contributed by atoms with van der Waals surface area (Å²) in [6, 6.07) is 0.629. The Kier molecular flexibility index (Phi) is 2.87. The Bertz CT molecular complexity index is 343. The van der Waals surface area contributed by atoms with E-state index in [1.165, 1.54) is 0 Å². The molecule has 0 saturated carbocycles. The van der Waals surface area contributed by atoms with Gasteiger partial charge in [0.1, 0.15) is 11.0 Å². The number of Topliss-reactive ketones (excluding diaryl/α,β-unsaturated/α-hetero) is 1. The van der Waals surface area contributed by atoms with E-state index in [1.54, 1.807) is 0 Å². The zero-order valence-corrected chi connectivity index (χ0v) is 6.86. The van der Waals surface area contributed by atoms with Gasteiger partial charge in [0.05, 0.1) is 11.8 Å². The molecule has 6 heteroatoms. The zero-order chi connectivity index (χ0) is 10.0. The first-order chi connectivity index (χ1) is 6.02. The average Bonchev–Trinajstić information content (AvgIpc) is 2.08. The van der Waals surface area contributed by atoms with Gasteiger partial charge in [-0.05, 0) is 6.07 Å². The van der Waals surface area contributed by atoms with Crippen molar-refractivity contribution in [1.82, 2.24) is 4.98 Å². The van der Waals surface area contributed by atoms with Crippen LogP contribution in [0.2, 0.25) is 5.15 Å². The fourth-order valence-electron chi connectivity index (χ4n) is 0.713. The number of carbonyl (C=O) groups is 1. The minimum absolute atomic E-state index is 0.424. The highest BCUT2D eigenvalue weighted by molar-refractivity contribution is 6.32. The lowest BCUT2D eigenvalue weighted by atomic mass is 10.2. The van der Waals surface area contributed by atoms with Crippen molar-refractivity contribution in [3.63, 3.8) is 0 Å². The van der Waals surface area contributed by atoms with Gasteiger partial charge in [0.25, 0.3) is 0 Å². The minimum atomic E-state index is -3.21. The second kappa shape index (κ2) is 3.74. The Labute approximate surface area is 76.3 Å². The average molecular weight is 210 g/mol. The van der Waals surface area contributed by atoms with Gasteiger partial charge in [-0.2, -0.15) is 0 Å². The van der Waals surface area contributed by atoms with E-state index in [0.717, 1.165) is 6.20 Å². The van der Waals surface area contributed by atoms with Crippen molar-refractivity contribution < 1.29 is 18.0 Å². The van der Waals surface area contributed by atoms with Crippen LogP contribution in [0.5, 0.6) is 0 Å². The van der Waals surface area contributed by atoms with Gasteiger partial charge in [-0.3, -0.25) is 4.79 Å². The number of hydrogen-bond donors (Lipinski definition) is 0. The van der Waals surface area contributed by atoms with E-state index >= 15 is 0 Å². The summed E-state index contributed by atoms with van der Waals surface area (Å²) < 4.78 is 36.2. The molecule has 0 aliphatic heterocycles. The topological polar surface area (TPSA) is 30.0 Å². The molecule has 0 bridgehead atoms. The van der Waals surface area contributed by atoms with Crippen LogP contribution in [0.15, 0.2) is 12.3 Å². The Morgan fingerprint density at radius 1 is 1.54 bits per heavy atom. The van der Waals surface area contributed by atoms with Gasteiger partial charge in [-0.25, -0.2) is 18.2 Å². The molecule has 0 atom stereocenters. The number of rotatable bonds is 2. The van der Waals surface area contributed by atoms with Gasteiger partial charge in [0.2, 0.25) is 5.78 Å². The SMILES string of the molecule is O=C(c1cc(F)cnc1Cl)C(F)F. The third kappa shape index (κ3) is 2.18. The number of pyridine rings is 1. The summed E-state index contributed by atoms with van der Waals surface area (Å²) in [5, 5.41) is -0.424. The molecular formula is C7H3ClF3NO. The van der Waals surface area contributed by atoms with E-state index in [9.17, 15) is 18.0 Å². The van der Waals surface area contributed by atoms with Gasteiger partial charge in [-0.1, -0.05) is 11.6 Å². The molecule has 1 aromatic heterocycles. The van der Waals surface area contributed by atoms with Gasteiger partial charge in [0, 0.05) is 0 Å². The van der Waals surface area contributed by atoms with Gasteiger partial charge >= 0.3 is 6.43 Å². The van der Waals surface area contributed by atoms with Crippen molar-refractivity contribution in [3.05, 3.63) is 28.8 Å². The molecule has 0 saturated heterocycles. The molecule has 0 radical (unpaired) electrons. The third-order valence-electron chi connectivity index (χ3n) is 1.27. The van der Waals surface area contributed by atoms with Crippen LogP contribution in [0.25, 0.3) is 0 Å². The lowest BCUT2D eigenvalue weighted by molar-refractivity contribution is 0.0678. The third-order valence-corrected chi connectivity index (χ3v) is 1.57. The summed E-state index contributed by atoms with van der Waals surface area (Å²) in [7, 11) is 0. The lowest BCUT2D eigenvalue weighted by Crippen LogP contribution is -2.11. The molecule has 1 heterocycles. The molecule has 0 aromatic carbocycles. The van der Waals surface area contributed by atoms with Crippen molar-refractivity contribution in [1.29, 1.82) is 0 Å². The van der Waals surface area contributed by atoms with E-state index in [1.807, 2.05) is 0 Å². The first-order valence-electron chi connectivity index (χ1n) is 3.16. The highest BCUT2D eigenvalue weighted by Gasteiger charge is 2.21. The maximum atomic E-state index is 12.5. The summed E-state index contributed by atoms with van der Waals surface area (Å²) in [5.74, 6) is -2.41. The summed E-state index contributed by atoms with van der Waals surface area (Å²) >= 11 is 5.30. The molecule has 0 amide bonds. The van der Waals surface area contributed by atoms with Crippen molar-refractivity contribution >= 4 is 17.4 Å². The standard InChI is InChI=1S/C7H3ClF3NO/c8-6-4(5(13)7(10)11)1-3(9)2-12-6/h1-2,7H. The summed E-state index contributed by atoms with van der Waals surface area (Å²) in [6.07, 6.45) is -2.47. The Balaban J connectivity index is 3.13. The predicted molar refractivity (Wildman–Crippen MR) is 39.5 cm³/mol. The summed E-state index contributed by atoms with van der Waals surface area (Å²) in [5.41, 5.74) is -0.600. The second-order valence-electron chi connectivity index (χ2n) is 2.16. The normalized spacial score (nSPS) is 10.5. The molecule has 70 valence electrons. The predicted octanol–water partition coefficient (Wildman–Crippen LogP) is 2.32. The first-order valence-corrected chi connectivity index (χ1v) is 3.53. The van der Waals surface area contributed by atoms with Crippen LogP contribution in [-0.2, 0) is 0 Å².